The van der Waals surface area contributed by atoms with E-state index in [4.69, 9.17) is 14.2 Å². The summed E-state index contributed by atoms with van der Waals surface area (Å²) < 4.78 is 56.4. The van der Waals surface area contributed by atoms with Gasteiger partial charge in [0.2, 0.25) is 10.0 Å². The summed E-state index contributed by atoms with van der Waals surface area (Å²) in [6, 6.07) is 3.46. The zero-order chi connectivity index (χ0) is 16.9. The first-order valence-corrected chi connectivity index (χ1v) is 8.73. The fourth-order valence-electron chi connectivity index (χ4n) is 2.78. The highest BCUT2D eigenvalue weighted by molar-refractivity contribution is 7.89. The molecule has 2 aliphatic heterocycles. The number of rotatable bonds is 3. The van der Waals surface area contributed by atoms with E-state index in [1.54, 1.807) is 0 Å². The van der Waals surface area contributed by atoms with E-state index in [9.17, 15) is 12.8 Å². The van der Waals surface area contributed by atoms with Crippen LogP contribution in [0.2, 0.25) is 0 Å². The Morgan fingerprint density at radius 3 is 2.39 bits per heavy atom. The van der Waals surface area contributed by atoms with Crippen LogP contribution in [-0.2, 0) is 19.5 Å². The van der Waals surface area contributed by atoms with Gasteiger partial charge < -0.3 is 14.2 Å². The molecule has 0 aliphatic carbocycles. The van der Waals surface area contributed by atoms with Crippen molar-refractivity contribution in [1.82, 2.24) is 4.31 Å². The normalized spacial score (nSPS) is 23.5. The number of methoxy groups -OCH3 is 1. The lowest BCUT2D eigenvalue weighted by molar-refractivity contribution is -0.299. The molecular weight excluding hydrogens is 325 g/mol. The molecule has 6 nitrogen and oxygen atoms in total. The van der Waals surface area contributed by atoms with Crippen molar-refractivity contribution in [3.63, 3.8) is 0 Å². The molecule has 0 atom stereocenters. The molecule has 2 saturated heterocycles. The van der Waals surface area contributed by atoms with Crippen LogP contribution in [-0.4, -0.2) is 51.9 Å². The first-order valence-electron chi connectivity index (χ1n) is 7.29. The van der Waals surface area contributed by atoms with Crippen molar-refractivity contribution in [2.24, 2.45) is 5.41 Å². The quantitative estimate of drug-likeness (QED) is 0.833. The van der Waals surface area contributed by atoms with Crippen LogP contribution in [0.1, 0.15) is 13.8 Å². The summed E-state index contributed by atoms with van der Waals surface area (Å²) in [6.07, 6.45) is 0. The molecule has 0 unspecified atom stereocenters. The summed E-state index contributed by atoms with van der Waals surface area (Å²) in [5.41, 5.74) is -0.330. The van der Waals surface area contributed by atoms with Gasteiger partial charge in [-0.3, -0.25) is 0 Å². The van der Waals surface area contributed by atoms with Gasteiger partial charge in [0.05, 0.1) is 20.3 Å². The lowest BCUT2D eigenvalue weighted by Gasteiger charge is -2.53. The van der Waals surface area contributed by atoms with Crippen molar-refractivity contribution in [3.8, 4) is 5.75 Å². The van der Waals surface area contributed by atoms with E-state index in [1.807, 2.05) is 13.8 Å². The van der Waals surface area contributed by atoms with Crippen LogP contribution in [0.4, 0.5) is 4.39 Å². The van der Waals surface area contributed by atoms with Crippen molar-refractivity contribution < 1.29 is 27.0 Å². The van der Waals surface area contributed by atoms with Crippen molar-refractivity contribution in [3.05, 3.63) is 24.0 Å². The number of nitrogens with zero attached hydrogens (tertiary/aromatic N) is 1. The molecule has 0 aromatic heterocycles. The summed E-state index contributed by atoms with van der Waals surface area (Å²) >= 11 is 0. The van der Waals surface area contributed by atoms with Gasteiger partial charge in [-0.25, -0.2) is 12.8 Å². The largest absolute Gasteiger partial charge is 0.495 e. The maximum absolute atomic E-state index is 13.5. The Morgan fingerprint density at radius 2 is 1.83 bits per heavy atom. The maximum atomic E-state index is 13.5. The molecule has 8 heteroatoms. The molecule has 2 heterocycles. The predicted molar refractivity (Wildman–Crippen MR) is 80.1 cm³/mol. The van der Waals surface area contributed by atoms with E-state index in [2.05, 4.69) is 0 Å². The number of hydrogen-bond acceptors (Lipinski definition) is 5. The molecule has 3 rings (SSSR count). The Hall–Kier alpha value is -1.22. The summed E-state index contributed by atoms with van der Waals surface area (Å²) in [6.45, 7) is 5.09. The molecule has 1 aromatic rings. The van der Waals surface area contributed by atoms with Gasteiger partial charge in [-0.05, 0) is 32.0 Å². The lowest BCUT2D eigenvalue weighted by atomic mass is 9.82. The van der Waals surface area contributed by atoms with E-state index in [0.717, 1.165) is 6.07 Å². The van der Waals surface area contributed by atoms with Gasteiger partial charge in [0, 0.05) is 18.5 Å². The molecule has 0 amide bonds. The standard InChI is InChI=1S/C15H20FNO5S/c1-14(2)21-9-15(10-22-14)7-17(8-15)23(18,19)13-6-11(16)4-5-12(13)20-3/h4-6H,7-10H2,1-3H3. The van der Waals surface area contributed by atoms with Crippen LogP contribution >= 0.6 is 0 Å². The minimum atomic E-state index is -3.81. The monoisotopic (exact) mass is 345 g/mol. The summed E-state index contributed by atoms with van der Waals surface area (Å²) in [5, 5.41) is 0. The Balaban J connectivity index is 1.78. The topological polar surface area (TPSA) is 65.1 Å². The third kappa shape index (κ3) is 2.96. The van der Waals surface area contributed by atoms with Crippen molar-refractivity contribution in [1.29, 1.82) is 0 Å². The predicted octanol–water partition coefficient (Wildman–Crippen LogP) is 1.61. The number of hydrogen-bond donors (Lipinski definition) is 0. The lowest BCUT2D eigenvalue weighted by Crippen LogP contribution is -2.65. The van der Waals surface area contributed by atoms with Crippen LogP contribution < -0.4 is 4.74 Å². The van der Waals surface area contributed by atoms with E-state index in [1.165, 1.54) is 23.5 Å². The number of ether oxygens (including phenoxy) is 3. The highest BCUT2D eigenvalue weighted by Crippen LogP contribution is 2.41. The summed E-state index contributed by atoms with van der Waals surface area (Å²) in [5.74, 6) is -1.13. The molecule has 0 N–H and O–H groups in total. The Bertz CT molecular complexity index is 701. The van der Waals surface area contributed by atoms with Gasteiger partial charge in [0.15, 0.2) is 5.79 Å². The van der Waals surface area contributed by atoms with Gasteiger partial charge >= 0.3 is 0 Å². The van der Waals surface area contributed by atoms with E-state index in [0.29, 0.717) is 13.2 Å². The molecule has 2 fully saturated rings. The third-order valence-corrected chi connectivity index (χ3v) is 6.03. The minimum absolute atomic E-state index is 0.129. The highest BCUT2D eigenvalue weighted by Gasteiger charge is 2.52. The van der Waals surface area contributed by atoms with Gasteiger partial charge in [-0.1, -0.05) is 0 Å². The van der Waals surface area contributed by atoms with Crippen LogP contribution in [0.15, 0.2) is 23.1 Å². The molecule has 2 aliphatic rings. The SMILES string of the molecule is COc1ccc(F)cc1S(=O)(=O)N1CC2(COC(C)(C)OC2)C1. The number of benzene rings is 1. The fourth-order valence-corrected chi connectivity index (χ4v) is 4.62. The Morgan fingerprint density at radius 1 is 1.22 bits per heavy atom. The van der Waals surface area contributed by atoms with Gasteiger partial charge in [0.1, 0.15) is 16.5 Å². The zero-order valence-electron chi connectivity index (χ0n) is 13.3. The second kappa shape index (κ2) is 5.41. The van der Waals surface area contributed by atoms with E-state index in [-0.39, 0.29) is 29.1 Å². The number of sulfonamides is 1. The zero-order valence-corrected chi connectivity index (χ0v) is 14.2. The molecule has 128 valence electrons. The van der Waals surface area contributed by atoms with Crippen molar-refractivity contribution >= 4 is 10.0 Å². The second-order valence-corrected chi connectivity index (χ2v) is 8.45. The molecule has 0 radical (unpaired) electrons. The molecule has 23 heavy (non-hydrogen) atoms. The molecule has 0 bridgehead atoms. The van der Waals surface area contributed by atoms with Gasteiger partial charge in [-0.2, -0.15) is 4.31 Å². The smallest absolute Gasteiger partial charge is 0.246 e. The highest BCUT2D eigenvalue weighted by atomic mass is 32.2. The van der Waals surface area contributed by atoms with Crippen LogP contribution in [0.3, 0.4) is 0 Å². The van der Waals surface area contributed by atoms with Gasteiger partial charge in [-0.15, -0.1) is 0 Å². The summed E-state index contributed by atoms with van der Waals surface area (Å²) in [4.78, 5) is -0.159. The summed E-state index contributed by atoms with van der Waals surface area (Å²) in [7, 11) is -2.46. The van der Waals surface area contributed by atoms with Crippen molar-refractivity contribution in [2.75, 3.05) is 33.4 Å². The number of halogens is 1. The fraction of sp³-hybridized carbons (Fsp3) is 0.600. The van der Waals surface area contributed by atoms with Crippen molar-refractivity contribution in [2.45, 2.75) is 24.5 Å². The maximum Gasteiger partial charge on any atom is 0.246 e. The van der Waals surface area contributed by atoms with E-state index < -0.39 is 21.6 Å². The van der Waals surface area contributed by atoms with Crippen LogP contribution in [0.25, 0.3) is 0 Å². The van der Waals surface area contributed by atoms with Crippen LogP contribution in [0, 0.1) is 11.2 Å². The Labute approximate surface area is 135 Å². The average Bonchev–Trinajstić information content (AvgIpc) is 2.45. The van der Waals surface area contributed by atoms with Crippen LogP contribution in [0.5, 0.6) is 5.75 Å². The van der Waals surface area contributed by atoms with Gasteiger partial charge in [0.25, 0.3) is 0 Å². The molecular formula is C15H20FNO5S. The molecule has 1 spiro atoms. The Kier molecular flexibility index (Phi) is 3.91. The first-order chi connectivity index (χ1) is 10.7. The second-order valence-electron chi connectivity index (χ2n) is 6.55. The first kappa shape index (κ1) is 16.6. The minimum Gasteiger partial charge on any atom is -0.495 e. The molecule has 1 aromatic carbocycles. The molecule has 0 saturated carbocycles. The third-order valence-electron chi connectivity index (χ3n) is 4.22. The van der Waals surface area contributed by atoms with E-state index >= 15 is 0 Å². The average molecular weight is 345 g/mol.